The van der Waals surface area contributed by atoms with Crippen LogP contribution in [0, 0.1) is 0 Å². The van der Waals surface area contributed by atoms with Crippen LogP contribution >= 0.6 is 24.2 Å². The van der Waals surface area contributed by atoms with E-state index in [9.17, 15) is 13.6 Å². The zero-order valence-corrected chi connectivity index (χ0v) is 7.95. The van der Waals surface area contributed by atoms with Crippen LogP contribution in [0.2, 0.25) is 0 Å². The molecule has 0 amide bonds. The van der Waals surface area contributed by atoms with Crippen LogP contribution in [0.15, 0.2) is 24.3 Å². The number of alkyl halides is 3. The lowest BCUT2D eigenvalue weighted by atomic mass is 10.1. The molecule has 1 aromatic rings. The summed E-state index contributed by atoms with van der Waals surface area (Å²) in [6.45, 7) is 0. The fourth-order valence-electron chi connectivity index (χ4n) is 0.802. The maximum Gasteiger partial charge on any atom is 0.348 e. The van der Waals surface area contributed by atoms with Gasteiger partial charge in [-0.1, -0.05) is 12.1 Å². The van der Waals surface area contributed by atoms with Crippen molar-refractivity contribution in [3.05, 3.63) is 35.4 Å². The molecule has 0 spiro atoms. The first-order valence-corrected chi connectivity index (χ1v) is 4.14. The van der Waals surface area contributed by atoms with Gasteiger partial charge in [-0.15, -0.1) is 12.6 Å². The van der Waals surface area contributed by atoms with Crippen molar-refractivity contribution in [3.8, 4) is 0 Å². The molecule has 0 fully saturated rings. The van der Waals surface area contributed by atoms with Crippen LogP contribution in [-0.4, -0.2) is 5.12 Å². The summed E-state index contributed by atoms with van der Waals surface area (Å²) < 4.78 is 24.9. The van der Waals surface area contributed by atoms with Crippen LogP contribution in [-0.2, 0) is 5.38 Å². The number of thiol groups is 1. The molecular weight excluding hydrogens is 218 g/mol. The second-order valence-electron chi connectivity index (χ2n) is 2.38. The topological polar surface area (TPSA) is 17.1 Å². The number of hydrogen-bond donors (Lipinski definition) is 1. The minimum atomic E-state index is -3.39. The van der Waals surface area contributed by atoms with Gasteiger partial charge < -0.3 is 0 Å². The molecule has 1 nitrogen and oxygen atoms in total. The highest BCUT2D eigenvalue weighted by atomic mass is 35.5. The smallest absolute Gasteiger partial charge is 0.282 e. The molecule has 0 atom stereocenters. The van der Waals surface area contributed by atoms with Crippen molar-refractivity contribution in [2.24, 2.45) is 0 Å². The van der Waals surface area contributed by atoms with E-state index in [2.05, 4.69) is 12.6 Å². The lowest BCUT2D eigenvalue weighted by molar-refractivity contribution is 0.0949. The van der Waals surface area contributed by atoms with Gasteiger partial charge in [0.05, 0.1) is 0 Å². The molecule has 0 radical (unpaired) electrons. The maximum absolute atomic E-state index is 12.4. The van der Waals surface area contributed by atoms with Crippen molar-refractivity contribution < 1.29 is 13.6 Å². The van der Waals surface area contributed by atoms with Gasteiger partial charge in [0, 0.05) is 11.1 Å². The van der Waals surface area contributed by atoms with Gasteiger partial charge in [-0.25, -0.2) is 0 Å². The third-order valence-corrected chi connectivity index (χ3v) is 1.94. The number of benzene rings is 1. The Balaban J connectivity index is 3.01. The molecule has 0 aliphatic heterocycles. The molecule has 1 aromatic carbocycles. The van der Waals surface area contributed by atoms with Crippen LogP contribution in [0.5, 0.6) is 0 Å². The Hall–Kier alpha value is -0.610. The SMILES string of the molecule is O=C(S)c1ccc(C(F)(F)Cl)cc1. The van der Waals surface area contributed by atoms with Crippen molar-refractivity contribution in [1.29, 1.82) is 0 Å². The Labute approximate surface area is 84.1 Å². The molecule has 0 aliphatic carbocycles. The molecule has 0 unspecified atom stereocenters. The predicted molar refractivity (Wildman–Crippen MR) is 49.5 cm³/mol. The fraction of sp³-hybridized carbons (Fsp3) is 0.125. The third kappa shape index (κ3) is 2.67. The Morgan fingerprint density at radius 3 is 2.08 bits per heavy atom. The van der Waals surface area contributed by atoms with Gasteiger partial charge in [0.1, 0.15) is 0 Å². The summed E-state index contributed by atoms with van der Waals surface area (Å²) in [5.74, 6) is 0. The molecule has 1 rings (SSSR count). The molecule has 0 saturated carbocycles. The minimum Gasteiger partial charge on any atom is -0.282 e. The molecular formula is C8H5ClF2OS. The summed E-state index contributed by atoms with van der Waals surface area (Å²) in [6.07, 6.45) is 0. The quantitative estimate of drug-likeness (QED) is 0.601. The van der Waals surface area contributed by atoms with E-state index in [0.717, 1.165) is 12.1 Å². The van der Waals surface area contributed by atoms with Gasteiger partial charge in [0.15, 0.2) is 0 Å². The Morgan fingerprint density at radius 1 is 1.31 bits per heavy atom. The monoisotopic (exact) mass is 222 g/mol. The summed E-state index contributed by atoms with van der Waals surface area (Å²) >= 11 is 8.29. The molecule has 0 aromatic heterocycles. The van der Waals surface area contributed by atoms with E-state index in [1.165, 1.54) is 12.1 Å². The van der Waals surface area contributed by atoms with Crippen LogP contribution < -0.4 is 0 Å². The molecule has 0 aliphatic rings. The normalized spacial score (nSPS) is 11.4. The Kier molecular flexibility index (Phi) is 2.93. The van der Waals surface area contributed by atoms with Crippen LogP contribution in [0.1, 0.15) is 15.9 Å². The molecule has 70 valence electrons. The van der Waals surface area contributed by atoms with Crippen molar-refractivity contribution in [2.75, 3.05) is 0 Å². The highest BCUT2D eigenvalue weighted by molar-refractivity contribution is 7.97. The van der Waals surface area contributed by atoms with E-state index >= 15 is 0 Å². The van der Waals surface area contributed by atoms with Crippen molar-refractivity contribution in [2.45, 2.75) is 5.38 Å². The van der Waals surface area contributed by atoms with Crippen molar-refractivity contribution >= 4 is 29.3 Å². The van der Waals surface area contributed by atoms with Crippen LogP contribution in [0.3, 0.4) is 0 Å². The lowest BCUT2D eigenvalue weighted by Gasteiger charge is -2.07. The van der Waals surface area contributed by atoms with Gasteiger partial charge in [0.25, 0.3) is 0 Å². The van der Waals surface area contributed by atoms with Crippen LogP contribution in [0.4, 0.5) is 8.78 Å². The number of rotatable bonds is 2. The minimum absolute atomic E-state index is 0.257. The first-order chi connectivity index (χ1) is 5.91. The van der Waals surface area contributed by atoms with Crippen LogP contribution in [0.25, 0.3) is 0 Å². The number of halogens is 3. The predicted octanol–water partition coefficient (Wildman–Crippen LogP) is 3.04. The van der Waals surface area contributed by atoms with E-state index in [0.29, 0.717) is 0 Å². The molecule has 0 N–H and O–H groups in total. The first-order valence-electron chi connectivity index (χ1n) is 3.32. The van der Waals surface area contributed by atoms with Gasteiger partial charge in [0.2, 0.25) is 5.12 Å². The summed E-state index contributed by atoms with van der Waals surface area (Å²) in [6, 6.07) is 4.69. The molecule has 0 bridgehead atoms. The fourth-order valence-corrected chi connectivity index (χ4v) is 1.08. The molecule has 0 heterocycles. The van der Waals surface area contributed by atoms with E-state index in [4.69, 9.17) is 11.6 Å². The summed E-state index contributed by atoms with van der Waals surface area (Å²) in [7, 11) is 0. The van der Waals surface area contributed by atoms with E-state index in [1.54, 1.807) is 0 Å². The van der Waals surface area contributed by atoms with Gasteiger partial charge in [-0.05, 0) is 23.7 Å². The summed E-state index contributed by atoms with van der Waals surface area (Å²) in [5.41, 5.74) is -0.0829. The summed E-state index contributed by atoms with van der Waals surface area (Å²) in [5, 5.41) is -3.86. The molecule has 0 saturated heterocycles. The van der Waals surface area contributed by atoms with Crippen molar-refractivity contribution in [1.82, 2.24) is 0 Å². The third-order valence-electron chi connectivity index (χ3n) is 1.46. The lowest BCUT2D eigenvalue weighted by Crippen LogP contribution is -2.03. The summed E-state index contributed by atoms with van der Waals surface area (Å²) in [4.78, 5) is 10.7. The van der Waals surface area contributed by atoms with Crippen molar-refractivity contribution in [3.63, 3.8) is 0 Å². The maximum atomic E-state index is 12.4. The van der Waals surface area contributed by atoms with E-state index in [1.807, 2.05) is 0 Å². The van der Waals surface area contributed by atoms with Gasteiger partial charge in [-0.3, -0.25) is 4.79 Å². The zero-order valence-electron chi connectivity index (χ0n) is 6.30. The second kappa shape index (κ2) is 3.64. The number of hydrogen-bond acceptors (Lipinski definition) is 1. The standard InChI is InChI=1S/C8H5ClF2OS/c9-8(10,11)6-3-1-5(2-4-6)7(12)13/h1-4H,(H,12,13). The average molecular weight is 223 g/mol. The second-order valence-corrected chi connectivity index (χ2v) is 3.26. The first kappa shape index (κ1) is 10.5. The largest absolute Gasteiger partial charge is 0.348 e. The zero-order chi connectivity index (χ0) is 10.1. The molecule has 5 heteroatoms. The average Bonchev–Trinajstić information content (AvgIpc) is 2.03. The Bertz CT molecular complexity index is 318. The van der Waals surface area contributed by atoms with E-state index < -0.39 is 10.5 Å². The number of carbonyl (C=O) groups is 1. The van der Waals surface area contributed by atoms with Gasteiger partial charge in [-0.2, -0.15) is 8.78 Å². The number of carbonyl (C=O) groups excluding carboxylic acids is 1. The highest BCUT2D eigenvalue weighted by Gasteiger charge is 2.27. The van der Waals surface area contributed by atoms with E-state index in [-0.39, 0.29) is 11.1 Å². The highest BCUT2D eigenvalue weighted by Crippen LogP contribution is 2.32. The Morgan fingerprint density at radius 2 is 1.77 bits per heavy atom. The molecule has 13 heavy (non-hydrogen) atoms. The van der Waals surface area contributed by atoms with Gasteiger partial charge >= 0.3 is 5.38 Å².